The number of hydrogen-bond acceptors (Lipinski definition) is 6. The van der Waals surface area contributed by atoms with E-state index in [1.807, 2.05) is 36.2 Å². The molecule has 0 radical (unpaired) electrons. The number of nitrogens with zero attached hydrogens (tertiary/aromatic N) is 4. The Labute approximate surface area is 222 Å². The summed E-state index contributed by atoms with van der Waals surface area (Å²) in [4.78, 5) is 39.1. The second kappa shape index (κ2) is 10.8. The first-order chi connectivity index (χ1) is 17.9. The number of aryl methyl sites for hydroxylation is 1. The number of piperidine rings is 1. The van der Waals surface area contributed by atoms with Crippen LogP contribution in [0.1, 0.15) is 57.1 Å². The first kappa shape index (κ1) is 25.0. The molecule has 1 aliphatic carbocycles. The molecule has 1 aromatic heterocycles. The predicted molar refractivity (Wildman–Crippen MR) is 145 cm³/mol. The predicted octanol–water partition coefficient (Wildman–Crippen LogP) is 4.33. The molecule has 1 fully saturated rings. The molecule has 8 nitrogen and oxygen atoms in total. The average molecular weight is 519 g/mol. The zero-order valence-electron chi connectivity index (χ0n) is 21.1. The SMILES string of the molecule is CNc1nccc(N2CCC(N(C)C(=O)c3ccc4c(c3)[C@H](NC(=O)c3ccccc3Cl)CC4)CC2)n1. The Morgan fingerprint density at radius 1 is 1.08 bits per heavy atom. The minimum Gasteiger partial charge on any atom is -0.357 e. The van der Waals surface area contributed by atoms with Crippen molar-refractivity contribution in [3.05, 3.63) is 82.0 Å². The van der Waals surface area contributed by atoms with Gasteiger partial charge in [-0.1, -0.05) is 29.8 Å². The molecule has 0 bridgehead atoms. The molecule has 3 aromatic rings. The van der Waals surface area contributed by atoms with Gasteiger partial charge in [-0.15, -0.1) is 0 Å². The van der Waals surface area contributed by atoms with Crippen LogP contribution >= 0.6 is 11.6 Å². The van der Waals surface area contributed by atoms with Crippen molar-refractivity contribution in [2.75, 3.05) is 37.4 Å². The van der Waals surface area contributed by atoms with Gasteiger partial charge in [0.05, 0.1) is 16.6 Å². The van der Waals surface area contributed by atoms with Crippen LogP contribution in [0.25, 0.3) is 0 Å². The summed E-state index contributed by atoms with van der Waals surface area (Å²) >= 11 is 6.21. The van der Waals surface area contributed by atoms with Gasteiger partial charge in [-0.2, -0.15) is 4.98 Å². The Kier molecular flexibility index (Phi) is 7.28. The maximum atomic E-state index is 13.5. The number of halogens is 1. The van der Waals surface area contributed by atoms with Crippen molar-refractivity contribution in [2.45, 2.75) is 37.8 Å². The van der Waals surface area contributed by atoms with Crippen molar-refractivity contribution in [3.63, 3.8) is 0 Å². The molecule has 1 saturated heterocycles. The molecule has 2 aliphatic rings. The summed E-state index contributed by atoms with van der Waals surface area (Å²) in [6, 6.07) is 14.8. The van der Waals surface area contributed by atoms with Gasteiger partial charge in [-0.3, -0.25) is 9.59 Å². The first-order valence-corrected chi connectivity index (χ1v) is 13.0. The van der Waals surface area contributed by atoms with E-state index in [-0.39, 0.29) is 23.9 Å². The van der Waals surface area contributed by atoms with Crippen LogP contribution in [-0.2, 0) is 6.42 Å². The molecule has 192 valence electrons. The van der Waals surface area contributed by atoms with Crippen LogP contribution in [0.3, 0.4) is 0 Å². The zero-order chi connectivity index (χ0) is 25.9. The van der Waals surface area contributed by atoms with Gasteiger partial charge in [0.15, 0.2) is 0 Å². The van der Waals surface area contributed by atoms with Gasteiger partial charge in [0.2, 0.25) is 5.95 Å². The van der Waals surface area contributed by atoms with Crippen LogP contribution in [0.5, 0.6) is 0 Å². The Morgan fingerprint density at radius 2 is 1.86 bits per heavy atom. The van der Waals surface area contributed by atoms with E-state index in [1.54, 1.807) is 37.5 Å². The highest BCUT2D eigenvalue weighted by Gasteiger charge is 2.29. The van der Waals surface area contributed by atoms with Gasteiger partial charge in [-0.25, -0.2) is 4.98 Å². The summed E-state index contributed by atoms with van der Waals surface area (Å²) in [5.41, 5.74) is 3.29. The van der Waals surface area contributed by atoms with Gasteiger partial charge in [-0.05, 0) is 67.1 Å². The van der Waals surface area contributed by atoms with Gasteiger partial charge >= 0.3 is 0 Å². The maximum Gasteiger partial charge on any atom is 0.253 e. The molecule has 0 unspecified atom stereocenters. The zero-order valence-corrected chi connectivity index (χ0v) is 21.8. The van der Waals surface area contributed by atoms with Crippen LogP contribution < -0.4 is 15.5 Å². The van der Waals surface area contributed by atoms with Crippen LogP contribution in [-0.4, -0.2) is 59.9 Å². The third-order valence-electron chi connectivity index (χ3n) is 7.42. The van der Waals surface area contributed by atoms with Crippen molar-refractivity contribution in [2.24, 2.45) is 0 Å². The fourth-order valence-corrected chi connectivity index (χ4v) is 5.49. The first-order valence-electron chi connectivity index (χ1n) is 12.7. The lowest BCUT2D eigenvalue weighted by Gasteiger charge is -2.37. The number of anilines is 2. The second-order valence-electron chi connectivity index (χ2n) is 9.58. The maximum absolute atomic E-state index is 13.5. The van der Waals surface area contributed by atoms with E-state index in [9.17, 15) is 9.59 Å². The smallest absolute Gasteiger partial charge is 0.253 e. The van der Waals surface area contributed by atoms with Crippen molar-refractivity contribution >= 4 is 35.2 Å². The van der Waals surface area contributed by atoms with Gasteiger partial charge in [0, 0.05) is 45.0 Å². The molecule has 0 spiro atoms. The fourth-order valence-electron chi connectivity index (χ4n) is 5.26. The molecule has 0 saturated carbocycles. The Bertz CT molecular complexity index is 1310. The van der Waals surface area contributed by atoms with Gasteiger partial charge in [0.1, 0.15) is 5.82 Å². The summed E-state index contributed by atoms with van der Waals surface area (Å²) in [7, 11) is 3.69. The standard InChI is InChI=1S/C28H31ClN6O2/c1-30-28-31-14-11-25(33-28)35-15-12-20(13-16-35)34(2)27(37)19-8-7-18-9-10-24(22(18)17-19)32-26(36)21-5-3-4-6-23(21)29/h3-8,11,14,17,20,24H,9-10,12-13,15-16H2,1-2H3,(H,32,36)(H,30,31,33)/t24-/m1/s1. The van der Waals surface area contributed by atoms with E-state index in [4.69, 9.17) is 11.6 Å². The molecule has 37 heavy (non-hydrogen) atoms. The lowest BCUT2D eigenvalue weighted by molar-refractivity contribution is 0.0709. The van der Waals surface area contributed by atoms with E-state index in [0.717, 1.165) is 50.2 Å². The molecular weight excluding hydrogens is 488 g/mol. The average Bonchev–Trinajstić information content (AvgIpc) is 3.34. The molecule has 1 atom stereocenters. The second-order valence-corrected chi connectivity index (χ2v) is 9.99. The number of fused-ring (bicyclic) bond motifs is 1. The van der Waals surface area contributed by atoms with Crippen molar-refractivity contribution in [1.82, 2.24) is 20.2 Å². The highest BCUT2D eigenvalue weighted by atomic mass is 35.5. The third-order valence-corrected chi connectivity index (χ3v) is 7.75. The normalized spacial score (nSPS) is 17.3. The summed E-state index contributed by atoms with van der Waals surface area (Å²) in [5.74, 6) is 1.30. The molecule has 2 heterocycles. The number of hydrogen-bond donors (Lipinski definition) is 2. The lowest BCUT2D eigenvalue weighted by atomic mass is 10.00. The number of aromatic nitrogens is 2. The summed E-state index contributed by atoms with van der Waals surface area (Å²) in [5, 5.41) is 6.52. The third kappa shape index (κ3) is 5.25. The van der Waals surface area contributed by atoms with Crippen molar-refractivity contribution in [1.29, 1.82) is 0 Å². The monoisotopic (exact) mass is 518 g/mol. The summed E-state index contributed by atoms with van der Waals surface area (Å²) < 4.78 is 0. The molecule has 2 aromatic carbocycles. The quantitative estimate of drug-likeness (QED) is 0.505. The number of benzene rings is 2. The van der Waals surface area contributed by atoms with Crippen molar-refractivity contribution < 1.29 is 9.59 Å². The fraction of sp³-hybridized carbons (Fsp3) is 0.357. The number of carbonyl (C=O) groups excluding carboxylic acids is 2. The van der Waals surface area contributed by atoms with Gasteiger partial charge in [0.25, 0.3) is 11.8 Å². The van der Waals surface area contributed by atoms with E-state index < -0.39 is 0 Å². The Balaban J connectivity index is 1.24. The summed E-state index contributed by atoms with van der Waals surface area (Å²) in [6.07, 6.45) is 5.15. The van der Waals surface area contributed by atoms with Crippen molar-refractivity contribution in [3.8, 4) is 0 Å². The number of carbonyl (C=O) groups is 2. The minimum atomic E-state index is -0.199. The molecule has 5 rings (SSSR count). The summed E-state index contributed by atoms with van der Waals surface area (Å²) in [6.45, 7) is 1.64. The lowest BCUT2D eigenvalue weighted by Crippen LogP contribution is -2.46. The van der Waals surface area contributed by atoms with E-state index >= 15 is 0 Å². The minimum absolute atomic E-state index is 0.00355. The number of rotatable bonds is 6. The largest absolute Gasteiger partial charge is 0.357 e. The Morgan fingerprint density at radius 3 is 2.62 bits per heavy atom. The molecule has 2 amide bonds. The number of nitrogens with one attached hydrogen (secondary N) is 2. The van der Waals surface area contributed by atoms with Crippen LogP contribution in [0.15, 0.2) is 54.7 Å². The molecule has 2 N–H and O–H groups in total. The van der Waals surface area contributed by atoms with Gasteiger partial charge < -0.3 is 20.4 Å². The Hall–Kier alpha value is -3.65. The van der Waals surface area contributed by atoms with E-state index in [1.165, 1.54) is 5.56 Å². The molecular formula is C28H31ClN6O2. The number of amides is 2. The topological polar surface area (TPSA) is 90.5 Å². The van der Waals surface area contributed by atoms with Crippen LogP contribution in [0.4, 0.5) is 11.8 Å². The van der Waals surface area contributed by atoms with E-state index in [0.29, 0.717) is 22.1 Å². The molecule has 1 aliphatic heterocycles. The highest BCUT2D eigenvalue weighted by molar-refractivity contribution is 6.33. The van der Waals surface area contributed by atoms with E-state index in [2.05, 4.69) is 25.5 Å². The van der Waals surface area contributed by atoms with Crippen LogP contribution in [0.2, 0.25) is 5.02 Å². The molecule has 9 heteroatoms. The highest BCUT2D eigenvalue weighted by Crippen LogP contribution is 2.33. The van der Waals surface area contributed by atoms with Crippen LogP contribution in [0, 0.1) is 0 Å².